The number of carbonyl (C=O) groups excluding carboxylic acids is 3. The first kappa shape index (κ1) is 18.6. The third kappa shape index (κ3) is 4.53. The number of nitrogens with zero attached hydrogens (tertiary/aromatic N) is 1. The summed E-state index contributed by atoms with van der Waals surface area (Å²) in [5.41, 5.74) is 2.98. The Morgan fingerprint density at radius 2 is 1.26 bits per heavy atom. The van der Waals surface area contributed by atoms with Crippen LogP contribution in [0.25, 0.3) is 0 Å². The van der Waals surface area contributed by atoms with E-state index in [2.05, 4.69) is 10.6 Å². The maximum Gasteiger partial charge on any atom is 0.228 e. The van der Waals surface area contributed by atoms with Crippen molar-refractivity contribution in [1.82, 2.24) is 0 Å². The van der Waals surface area contributed by atoms with Crippen molar-refractivity contribution in [2.24, 2.45) is 11.8 Å². The molecule has 27 heavy (non-hydrogen) atoms. The van der Waals surface area contributed by atoms with Crippen LogP contribution in [0, 0.1) is 11.8 Å². The summed E-state index contributed by atoms with van der Waals surface area (Å²) < 4.78 is 0. The van der Waals surface area contributed by atoms with Gasteiger partial charge in [-0.15, -0.1) is 0 Å². The molecule has 1 aliphatic rings. The van der Waals surface area contributed by atoms with Gasteiger partial charge in [0.25, 0.3) is 0 Å². The number of ketones is 1. The van der Waals surface area contributed by atoms with Crippen molar-refractivity contribution in [3.63, 3.8) is 0 Å². The largest absolute Gasteiger partial charge is 0.378 e. The van der Waals surface area contributed by atoms with Crippen LogP contribution in [-0.2, 0) is 9.59 Å². The summed E-state index contributed by atoms with van der Waals surface area (Å²) in [4.78, 5) is 37.9. The van der Waals surface area contributed by atoms with E-state index in [1.165, 1.54) is 6.92 Å². The first-order chi connectivity index (χ1) is 12.8. The Bertz CT molecular complexity index is 857. The van der Waals surface area contributed by atoms with Crippen LogP contribution >= 0.6 is 0 Å². The van der Waals surface area contributed by atoms with E-state index < -0.39 is 0 Å². The molecule has 0 aliphatic heterocycles. The Kier molecular flexibility index (Phi) is 5.26. The molecule has 0 bridgehead atoms. The Hall–Kier alpha value is -3.15. The summed E-state index contributed by atoms with van der Waals surface area (Å²) in [6.07, 6.45) is 0.541. The van der Waals surface area contributed by atoms with Crippen LogP contribution in [-0.4, -0.2) is 31.7 Å². The molecule has 0 spiro atoms. The van der Waals surface area contributed by atoms with E-state index in [9.17, 15) is 14.4 Å². The maximum atomic E-state index is 12.3. The van der Waals surface area contributed by atoms with E-state index in [0.717, 1.165) is 11.4 Å². The molecule has 1 aliphatic carbocycles. The molecule has 0 heterocycles. The van der Waals surface area contributed by atoms with Gasteiger partial charge in [-0.1, -0.05) is 0 Å². The molecule has 2 unspecified atom stereocenters. The van der Waals surface area contributed by atoms with Crippen LogP contribution in [0.4, 0.5) is 17.1 Å². The highest BCUT2D eigenvalue weighted by Crippen LogP contribution is 2.40. The Balaban J connectivity index is 1.52. The van der Waals surface area contributed by atoms with Gasteiger partial charge in [-0.3, -0.25) is 14.4 Å². The molecule has 0 saturated heterocycles. The Morgan fingerprint density at radius 1 is 0.815 bits per heavy atom. The van der Waals surface area contributed by atoms with Gasteiger partial charge < -0.3 is 15.5 Å². The third-order valence-corrected chi connectivity index (χ3v) is 4.67. The van der Waals surface area contributed by atoms with Gasteiger partial charge in [0.05, 0.1) is 11.8 Å². The van der Waals surface area contributed by atoms with Gasteiger partial charge in [-0.05, 0) is 61.9 Å². The third-order valence-electron chi connectivity index (χ3n) is 4.67. The second kappa shape index (κ2) is 7.61. The van der Waals surface area contributed by atoms with Crippen LogP contribution in [0.2, 0.25) is 0 Å². The number of nitrogens with one attached hydrogen (secondary N) is 2. The molecule has 2 atom stereocenters. The number of amides is 2. The minimum absolute atomic E-state index is 0.0228. The molecular formula is C21H23N3O3. The fourth-order valence-corrected chi connectivity index (χ4v) is 2.88. The zero-order chi connectivity index (χ0) is 19.6. The molecule has 3 rings (SSSR count). The summed E-state index contributed by atoms with van der Waals surface area (Å²) in [5, 5.41) is 5.67. The van der Waals surface area contributed by atoms with Crippen LogP contribution in [0.1, 0.15) is 23.7 Å². The lowest BCUT2D eigenvalue weighted by Crippen LogP contribution is -2.20. The van der Waals surface area contributed by atoms with Gasteiger partial charge in [0.15, 0.2) is 5.78 Å². The first-order valence-electron chi connectivity index (χ1n) is 8.85. The number of hydrogen-bond donors (Lipinski definition) is 2. The van der Waals surface area contributed by atoms with Crippen LogP contribution in [0.3, 0.4) is 0 Å². The zero-order valence-corrected chi connectivity index (χ0v) is 15.7. The lowest BCUT2D eigenvalue weighted by atomic mass is 10.1. The van der Waals surface area contributed by atoms with Gasteiger partial charge in [-0.2, -0.15) is 0 Å². The molecule has 1 fully saturated rings. The lowest BCUT2D eigenvalue weighted by molar-refractivity contribution is -0.122. The first-order valence-corrected chi connectivity index (χ1v) is 8.85. The lowest BCUT2D eigenvalue weighted by Gasteiger charge is -2.13. The predicted octanol–water partition coefficient (Wildman–Crippen LogP) is 3.17. The van der Waals surface area contributed by atoms with Gasteiger partial charge in [-0.25, -0.2) is 0 Å². The topological polar surface area (TPSA) is 78.5 Å². The predicted molar refractivity (Wildman–Crippen MR) is 106 cm³/mol. The standard InChI is InChI=1S/C21H23N3O3/c1-13(25)14-4-6-15(7-5-14)22-20(26)18-12-19(18)21(27)23-16-8-10-17(11-9-16)24(2)3/h4-11,18-19H,12H2,1-3H3,(H,22,26)(H,23,27). The van der Waals surface area contributed by atoms with Crippen molar-refractivity contribution in [2.75, 3.05) is 29.6 Å². The highest BCUT2D eigenvalue weighted by Gasteiger charge is 2.48. The molecular weight excluding hydrogens is 342 g/mol. The van der Waals surface area contributed by atoms with Crippen LogP contribution in [0.15, 0.2) is 48.5 Å². The molecule has 140 valence electrons. The average molecular weight is 365 g/mol. The van der Waals surface area contributed by atoms with Crippen molar-refractivity contribution in [1.29, 1.82) is 0 Å². The van der Waals surface area contributed by atoms with Crippen LogP contribution < -0.4 is 15.5 Å². The number of hydrogen-bond acceptors (Lipinski definition) is 4. The second-order valence-corrected chi connectivity index (χ2v) is 7.00. The summed E-state index contributed by atoms with van der Waals surface area (Å²) >= 11 is 0. The monoisotopic (exact) mass is 365 g/mol. The van der Waals surface area contributed by atoms with Crippen molar-refractivity contribution in [2.45, 2.75) is 13.3 Å². The number of carbonyl (C=O) groups is 3. The molecule has 6 nitrogen and oxygen atoms in total. The van der Waals surface area contributed by atoms with Gasteiger partial charge >= 0.3 is 0 Å². The van der Waals surface area contributed by atoms with Crippen LogP contribution in [0.5, 0.6) is 0 Å². The highest BCUT2D eigenvalue weighted by molar-refractivity contribution is 6.03. The molecule has 0 radical (unpaired) electrons. The molecule has 2 N–H and O–H groups in total. The fourth-order valence-electron chi connectivity index (χ4n) is 2.88. The van der Waals surface area contributed by atoms with E-state index in [0.29, 0.717) is 17.7 Å². The van der Waals surface area contributed by atoms with Crippen molar-refractivity contribution < 1.29 is 14.4 Å². The molecule has 2 amide bonds. The van der Waals surface area contributed by atoms with E-state index in [4.69, 9.17) is 0 Å². The molecule has 2 aromatic rings. The highest BCUT2D eigenvalue weighted by atomic mass is 16.2. The summed E-state index contributed by atoms with van der Waals surface area (Å²) in [6, 6.07) is 14.3. The molecule has 1 saturated carbocycles. The second-order valence-electron chi connectivity index (χ2n) is 7.00. The number of Topliss-reactive ketones (excluding diaryl/α,β-unsaturated/α-hetero) is 1. The zero-order valence-electron chi connectivity index (χ0n) is 15.7. The SMILES string of the molecule is CC(=O)c1ccc(NC(=O)C2CC2C(=O)Nc2ccc(N(C)C)cc2)cc1. The normalized spacial score (nSPS) is 17.7. The number of anilines is 3. The summed E-state index contributed by atoms with van der Waals surface area (Å²) in [7, 11) is 3.91. The fraction of sp³-hybridized carbons (Fsp3) is 0.286. The molecule has 6 heteroatoms. The van der Waals surface area contributed by atoms with Crippen molar-refractivity contribution >= 4 is 34.7 Å². The number of benzene rings is 2. The maximum absolute atomic E-state index is 12.3. The average Bonchev–Trinajstić information content (AvgIpc) is 3.43. The minimum atomic E-state index is -0.321. The number of rotatable bonds is 6. The van der Waals surface area contributed by atoms with Crippen molar-refractivity contribution in [3.8, 4) is 0 Å². The van der Waals surface area contributed by atoms with E-state index >= 15 is 0 Å². The van der Waals surface area contributed by atoms with E-state index in [1.54, 1.807) is 24.3 Å². The Morgan fingerprint density at radius 3 is 1.67 bits per heavy atom. The van der Waals surface area contributed by atoms with E-state index in [-0.39, 0.29) is 29.4 Å². The van der Waals surface area contributed by atoms with Gasteiger partial charge in [0.2, 0.25) is 11.8 Å². The van der Waals surface area contributed by atoms with Crippen molar-refractivity contribution in [3.05, 3.63) is 54.1 Å². The minimum Gasteiger partial charge on any atom is -0.378 e. The summed E-state index contributed by atoms with van der Waals surface area (Å²) in [5.74, 6) is -0.965. The van der Waals surface area contributed by atoms with Gasteiger partial charge in [0.1, 0.15) is 0 Å². The Labute approximate surface area is 158 Å². The molecule has 0 aromatic heterocycles. The smallest absolute Gasteiger partial charge is 0.228 e. The molecule has 2 aromatic carbocycles. The quantitative estimate of drug-likeness (QED) is 0.771. The van der Waals surface area contributed by atoms with E-state index in [1.807, 2.05) is 43.3 Å². The summed E-state index contributed by atoms with van der Waals surface area (Å²) in [6.45, 7) is 1.50. The van der Waals surface area contributed by atoms with Gasteiger partial charge in [0, 0.05) is 36.7 Å².